The van der Waals surface area contributed by atoms with E-state index in [2.05, 4.69) is 243 Å². The van der Waals surface area contributed by atoms with E-state index in [0.29, 0.717) is 11.6 Å². The molecule has 402 valence electrons. The van der Waals surface area contributed by atoms with Crippen LogP contribution in [0.15, 0.2) is 312 Å². The third kappa shape index (κ3) is 9.38. The normalized spacial score (nSPS) is 11.5. The molecule has 4 aromatic heterocycles. The molecule has 0 spiro atoms. The molecule has 0 fully saturated rings. The summed E-state index contributed by atoms with van der Waals surface area (Å²) in [7, 11) is 0. The second kappa shape index (κ2) is 21.3. The van der Waals surface area contributed by atoms with Crippen molar-refractivity contribution in [1.29, 1.82) is 0 Å². The smallest absolute Gasteiger partial charge is 0.160 e. The molecule has 0 aliphatic heterocycles. The first-order valence-electron chi connectivity index (χ1n) is 28.9. The van der Waals surface area contributed by atoms with Crippen LogP contribution in [-0.4, -0.2) is 19.9 Å². The molecule has 0 radical (unpaired) electrons. The number of rotatable bonds is 11. The average molecular weight is 1100 g/mol. The van der Waals surface area contributed by atoms with Gasteiger partial charge in [0.1, 0.15) is 22.3 Å². The lowest BCUT2D eigenvalue weighted by Gasteiger charge is -2.11. The van der Waals surface area contributed by atoms with Crippen molar-refractivity contribution in [3.05, 3.63) is 303 Å². The number of benzene rings is 12. The van der Waals surface area contributed by atoms with Crippen LogP contribution in [0.2, 0.25) is 0 Å². The summed E-state index contributed by atoms with van der Waals surface area (Å²) in [5.74, 6) is 1.36. The summed E-state index contributed by atoms with van der Waals surface area (Å²) in [5.41, 5.74) is 24.0. The molecule has 0 N–H and O–H groups in total. The number of furan rings is 2. The number of hydrogen-bond donors (Lipinski definition) is 0. The maximum atomic E-state index is 6.75. The van der Waals surface area contributed by atoms with Gasteiger partial charge in [0.2, 0.25) is 0 Å². The summed E-state index contributed by atoms with van der Waals surface area (Å²) < 4.78 is 13.0. The minimum atomic E-state index is 0.673. The van der Waals surface area contributed by atoms with Crippen LogP contribution in [0, 0.1) is 0 Å². The zero-order valence-electron chi connectivity index (χ0n) is 46.5. The lowest BCUT2D eigenvalue weighted by molar-refractivity contribution is 0.669. The van der Waals surface area contributed by atoms with Gasteiger partial charge in [0.15, 0.2) is 11.6 Å². The van der Waals surface area contributed by atoms with Crippen LogP contribution in [0.25, 0.3) is 167 Å². The summed E-state index contributed by atoms with van der Waals surface area (Å²) in [4.78, 5) is 20.5. The first-order chi connectivity index (χ1) is 42.6. The molecule has 0 unspecified atom stereocenters. The highest BCUT2D eigenvalue weighted by Gasteiger charge is 2.18. The van der Waals surface area contributed by atoms with E-state index >= 15 is 0 Å². The Hall–Kier alpha value is -11.6. The van der Waals surface area contributed by atoms with Crippen LogP contribution in [0.3, 0.4) is 0 Å². The quantitative estimate of drug-likeness (QED) is 0.128. The maximum absolute atomic E-state index is 6.75. The maximum Gasteiger partial charge on any atom is 0.160 e. The van der Waals surface area contributed by atoms with Crippen LogP contribution < -0.4 is 0 Å². The van der Waals surface area contributed by atoms with Crippen molar-refractivity contribution in [3.8, 4) is 123 Å². The molecule has 12 aromatic carbocycles. The predicted molar refractivity (Wildman–Crippen MR) is 352 cm³/mol. The van der Waals surface area contributed by atoms with Crippen molar-refractivity contribution < 1.29 is 8.83 Å². The summed E-state index contributed by atoms with van der Waals surface area (Å²) in [6.07, 6.45) is 0. The molecule has 0 aliphatic rings. The molecule has 86 heavy (non-hydrogen) atoms. The van der Waals surface area contributed by atoms with E-state index in [9.17, 15) is 0 Å². The summed E-state index contributed by atoms with van der Waals surface area (Å²) in [6, 6.07) is 106. The Kier molecular flexibility index (Phi) is 12.4. The fourth-order valence-corrected chi connectivity index (χ4v) is 12.0. The van der Waals surface area contributed by atoms with Gasteiger partial charge in [-0.15, -0.1) is 0 Å². The van der Waals surface area contributed by atoms with E-state index < -0.39 is 0 Å². The standard InChI is InChI=1S/C80H50N4O2/c1-4-15-51(16-5-1)52-29-37-56(38-30-52)70-49-71(82-79(81-70)60-17-6-2-7-18-60)58-41-33-54(34-42-58)63-45-46-75-69(48-63)67-26-13-25-66(78(67)86-75)64-22-12-21-62(47-64)53-31-39-57(40-32-53)72-50-73(84-80(83-72)61-19-8-3-9-20-61)59-43-35-55(36-44-59)65-24-14-28-76-77(65)68-23-10-11-27-74(68)85-76/h1-50H. The molecular weight excluding hydrogens is 1050 g/mol. The van der Waals surface area contributed by atoms with E-state index in [1.54, 1.807) is 0 Å². The van der Waals surface area contributed by atoms with Crippen LogP contribution in [0.1, 0.15) is 0 Å². The van der Waals surface area contributed by atoms with E-state index in [0.717, 1.165) is 150 Å². The molecule has 4 heterocycles. The molecular formula is C80H50N4O2. The first kappa shape index (κ1) is 50.2. The Morgan fingerprint density at radius 2 is 0.570 bits per heavy atom. The number of fused-ring (bicyclic) bond motifs is 6. The third-order valence-electron chi connectivity index (χ3n) is 16.4. The molecule has 0 atom stereocenters. The summed E-state index contributed by atoms with van der Waals surface area (Å²) in [6.45, 7) is 0. The van der Waals surface area contributed by atoms with Crippen LogP contribution in [0.4, 0.5) is 0 Å². The van der Waals surface area contributed by atoms with Crippen LogP contribution in [-0.2, 0) is 0 Å². The average Bonchev–Trinajstić information content (AvgIpc) is 2.17. The molecule has 16 rings (SSSR count). The molecule has 6 heteroatoms. The van der Waals surface area contributed by atoms with E-state index in [1.807, 2.05) is 60.7 Å². The van der Waals surface area contributed by atoms with Gasteiger partial charge in [-0.2, -0.15) is 0 Å². The number of hydrogen-bond acceptors (Lipinski definition) is 6. The van der Waals surface area contributed by atoms with Gasteiger partial charge < -0.3 is 8.83 Å². The lowest BCUT2D eigenvalue weighted by atomic mass is 9.96. The zero-order valence-corrected chi connectivity index (χ0v) is 46.5. The Morgan fingerprint density at radius 1 is 0.198 bits per heavy atom. The fraction of sp³-hybridized carbons (Fsp3) is 0. The second-order valence-electron chi connectivity index (χ2n) is 21.7. The fourth-order valence-electron chi connectivity index (χ4n) is 12.0. The molecule has 0 saturated heterocycles. The van der Waals surface area contributed by atoms with E-state index in [1.165, 1.54) is 5.56 Å². The molecule has 0 bridgehead atoms. The van der Waals surface area contributed by atoms with Gasteiger partial charge in [-0.3, -0.25) is 0 Å². The first-order valence-corrected chi connectivity index (χ1v) is 28.9. The monoisotopic (exact) mass is 1100 g/mol. The number of aromatic nitrogens is 4. The van der Waals surface area contributed by atoms with Gasteiger partial charge in [-0.25, -0.2) is 19.9 Å². The van der Waals surface area contributed by atoms with Gasteiger partial charge in [-0.05, 0) is 92.5 Å². The second-order valence-corrected chi connectivity index (χ2v) is 21.7. The molecule has 0 saturated carbocycles. The van der Waals surface area contributed by atoms with Crippen molar-refractivity contribution >= 4 is 43.9 Å². The van der Waals surface area contributed by atoms with Crippen molar-refractivity contribution in [2.24, 2.45) is 0 Å². The Labute approximate surface area is 496 Å². The van der Waals surface area contributed by atoms with Crippen LogP contribution >= 0.6 is 0 Å². The van der Waals surface area contributed by atoms with Gasteiger partial charge in [0.05, 0.1) is 22.8 Å². The van der Waals surface area contributed by atoms with E-state index in [-0.39, 0.29) is 0 Å². The van der Waals surface area contributed by atoms with Gasteiger partial charge >= 0.3 is 0 Å². The third-order valence-corrected chi connectivity index (χ3v) is 16.4. The molecule has 6 nitrogen and oxygen atoms in total. The zero-order chi connectivity index (χ0) is 56.9. The predicted octanol–water partition coefficient (Wildman–Crippen LogP) is 21.4. The summed E-state index contributed by atoms with van der Waals surface area (Å²) in [5, 5.41) is 4.37. The van der Waals surface area contributed by atoms with Crippen molar-refractivity contribution in [3.63, 3.8) is 0 Å². The van der Waals surface area contributed by atoms with Crippen molar-refractivity contribution in [2.75, 3.05) is 0 Å². The highest BCUT2D eigenvalue weighted by Crippen LogP contribution is 2.41. The van der Waals surface area contributed by atoms with Crippen molar-refractivity contribution in [2.45, 2.75) is 0 Å². The molecule has 0 amide bonds. The highest BCUT2D eigenvalue weighted by molar-refractivity contribution is 6.13. The minimum Gasteiger partial charge on any atom is -0.456 e. The SMILES string of the molecule is c1ccc(-c2ccc(-c3cc(-c4ccc(-c5ccc6oc7c(-c8cccc(-c9ccc(-c%10cc(-c%11ccc(-c%12cccc%13oc%14ccccc%14c%12%13)cc%11)nc(-c%11ccccc%11)n%10)cc9)c8)cccc7c6c5)cc4)nc(-c4ccccc4)n3)cc2)cc1. The van der Waals surface area contributed by atoms with Gasteiger partial charge in [-0.1, -0.05) is 261 Å². The lowest BCUT2D eigenvalue weighted by Crippen LogP contribution is -1.96. The van der Waals surface area contributed by atoms with Gasteiger partial charge in [0.25, 0.3) is 0 Å². The molecule has 16 aromatic rings. The number of nitrogens with zero attached hydrogens (tertiary/aromatic N) is 4. The Balaban J connectivity index is 0.675. The number of para-hydroxylation sites is 2. The Bertz CT molecular complexity index is 5170. The summed E-state index contributed by atoms with van der Waals surface area (Å²) >= 11 is 0. The largest absolute Gasteiger partial charge is 0.456 e. The topological polar surface area (TPSA) is 77.8 Å². The Morgan fingerprint density at radius 3 is 1.14 bits per heavy atom. The van der Waals surface area contributed by atoms with E-state index in [4.69, 9.17) is 28.8 Å². The molecule has 0 aliphatic carbocycles. The highest BCUT2D eigenvalue weighted by atomic mass is 16.3. The van der Waals surface area contributed by atoms with Crippen LogP contribution in [0.5, 0.6) is 0 Å². The minimum absolute atomic E-state index is 0.673. The van der Waals surface area contributed by atoms with Crippen molar-refractivity contribution in [1.82, 2.24) is 19.9 Å². The van der Waals surface area contributed by atoms with Gasteiger partial charge in [0, 0.05) is 60.5 Å².